The maximum absolute atomic E-state index is 13.8. The van der Waals surface area contributed by atoms with Gasteiger partial charge in [-0.05, 0) is 79.1 Å². The molecule has 0 unspecified atom stereocenters. The molecule has 1 atom stereocenters. The fourth-order valence-corrected chi connectivity index (χ4v) is 7.01. The minimum Gasteiger partial charge on any atom is -0.481 e. The van der Waals surface area contributed by atoms with E-state index < -0.39 is 21.4 Å². The number of aromatic nitrogens is 3. The fourth-order valence-electron chi connectivity index (χ4n) is 5.56. The highest BCUT2D eigenvalue weighted by atomic mass is 32.2. The Morgan fingerprint density at radius 2 is 1.95 bits per heavy atom. The van der Waals surface area contributed by atoms with Crippen molar-refractivity contribution in [3.05, 3.63) is 71.4 Å². The summed E-state index contributed by atoms with van der Waals surface area (Å²) < 4.78 is 54.8. The number of piperidine rings is 1. The Morgan fingerprint density at radius 1 is 1.15 bits per heavy atom. The van der Waals surface area contributed by atoms with E-state index >= 15 is 0 Å². The molecule has 3 aliphatic rings. The summed E-state index contributed by atoms with van der Waals surface area (Å²) >= 11 is 0. The van der Waals surface area contributed by atoms with Crippen molar-refractivity contribution in [3.63, 3.8) is 0 Å². The van der Waals surface area contributed by atoms with Gasteiger partial charge in [0.2, 0.25) is 15.9 Å². The molecule has 1 saturated heterocycles. The van der Waals surface area contributed by atoms with Crippen LogP contribution in [0.5, 0.6) is 5.88 Å². The van der Waals surface area contributed by atoms with Gasteiger partial charge in [-0.25, -0.2) is 22.5 Å². The highest BCUT2D eigenvalue weighted by molar-refractivity contribution is 7.89. The lowest BCUT2D eigenvalue weighted by molar-refractivity contribution is -0.157. The lowest BCUT2D eigenvalue weighted by atomic mass is 9.68. The zero-order valence-electron chi connectivity index (χ0n) is 21.5. The lowest BCUT2D eigenvalue weighted by Crippen LogP contribution is -2.53. The van der Waals surface area contributed by atoms with Gasteiger partial charge in [-0.2, -0.15) is 9.40 Å². The van der Waals surface area contributed by atoms with Gasteiger partial charge in [0.05, 0.1) is 37.5 Å². The summed E-state index contributed by atoms with van der Waals surface area (Å²) in [6.07, 6.45) is 8.69. The second-order valence-corrected chi connectivity index (χ2v) is 12.3. The van der Waals surface area contributed by atoms with Gasteiger partial charge < -0.3 is 9.47 Å². The maximum atomic E-state index is 13.8. The molecular weight excluding hydrogens is 523 g/mol. The number of hydrogen-bond acceptors (Lipinski definition) is 7. The normalized spacial score (nSPS) is 21.3. The quantitative estimate of drug-likeness (QED) is 0.411. The predicted octanol–water partition coefficient (Wildman–Crippen LogP) is 3.78. The van der Waals surface area contributed by atoms with Crippen LogP contribution in [-0.2, 0) is 26.0 Å². The van der Waals surface area contributed by atoms with Crippen molar-refractivity contribution >= 4 is 22.1 Å². The van der Waals surface area contributed by atoms with Crippen molar-refractivity contribution in [1.29, 1.82) is 0 Å². The molecule has 2 fully saturated rings. The summed E-state index contributed by atoms with van der Waals surface area (Å²) in [5.41, 5.74) is 1.95. The van der Waals surface area contributed by atoms with E-state index in [0.29, 0.717) is 30.5 Å². The predicted molar refractivity (Wildman–Crippen MR) is 140 cm³/mol. The molecule has 3 heterocycles. The third-order valence-corrected chi connectivity index (χ3v) is 9.90. The molecule has 0 spiro atoms. The molecule has 11 heteroatoms. The Kier molecular flexibility index (Phi) is 6.50. The van der Waals surface area contributed by atoms with Crippen molar-refractivity contribution in [2.75, 3.05) is 26.8 Å². The van der Waals surface area contributed by atoms with Crippen LogP contribution >= 0.6 is 0 Å². The van der Waals surface area contributed by atoms with Crippen LogP contribution in [0.2, 0.25) is 0 Å². The molecule has 1 saturated carbocycles. The SMILES string of the molecule is COc1ccc(S(=O)(=O)N2CCC3=Cc4c(cnn4-c4ccc(F)cc4)C[C@]3(C(=O)OCC3CCC3)C2)cn1. The van der Waals surface area contributed by atoms with E-state index in [4.69, 9.17) is 9.47 Å². The number of carbonyl (C=O) groups is 1. The van der Waals surface area contributed by atoms with Crippen LogP contribution < -0.4 is 4.74 Å². The summed E-state index contributed by atoms with van der Waals surface area (Å²) in [5, 5.41) is 4.52. The molecule has 0 radical (unpaired) electrons. The zero-order chi connectivity index (χ0) is 27.2. The zero-order valence-corrected chi connectivity index (χ0v) is 22.4. The van der Waals surface area contributed by atoms with E-state index in [2.05, 4.69) is 10.1 Å². The van der Waals surface area contributed by atoms with Gasteiger partial charge in [0.15, 0.2) is 0 Å². The number of fused-ring (bicyclic) bond motifs is 2. The van der Waals surface area contributed by atoms with Crippen LogP contribution in [0.4, 0.5) is 4.39 Å². The number of benzene rings is 1. The number of ether oxygens (including phenoxy) is 2. The Bertz CT molecular complexity index is 1530. The highest BCUT2D eigenvalue weighted by Crippen LogP contribution is 2.46. The molecule has 2 aromatic heterocycles. The standard InChI is InChI=1S/C28H29FN4O5S/c1-37-26-10-9-24(16-30-26)39(35,36)32-12-11-21-13-25-20(15-31-33(25)23-7-5-22(29)6-8-23)14-28(21,18-32)27(34)38-17-19-3-2-4-19/h5-10,13,15-16,19H,2-4,11-12,14,17-18H2,1H3/t28-/m0/s1. The average molecular weight is 553 g/mol. The lowest BCUT2D eigenvalue weighted by Gasteiger charge is -2.44. The molecule has 0 amide bonds. The number of pyridine rings is 1. The van der Waals surface area contributed by atoms with E-state index in [-0.39, 0.29) is 30.2 Å². The smallest absolute Gasteiger partial charge is 0.317 e. The van der Waals surface area contributed by atoms with Crippen LogP contribution in [0.25, 0.3) is 11.8 Å². The summed E-state index contributed by atoms with van der Waals surface area (Å²) in [4.78, 5) is 17.9. The first kappa shape index (κ1) is 25.7. The monoisotopic (exact) mass is 552 g/mol. The van der Waals surface area contributed by atoms with E-state index in [1.807, 2.05) is 6.08 Å². The third kappa shape index (κ3) is 4.53. The number of esters is 1. The molecule has 1 aliphatic heterocycles. The van der Waals surface area contributed by atoms with Gasteiger partial charge in [-0.3, -0.25) is 4.79 Å². The number of methoxy groups -OCH3 is 1. The van der Waals surface area contributed by atoms with Gasteiger partial charge >= 0.3 is 5.97 Å². The largest absolute Gasteiger partial charge is 0.481 e. The molecule has 3 aromatic rings. The minimum absolute atomic E-state index is 0.0364. The number of hydrogen-bond donors (Lipinski definition) is 0. The van der Waals surface area contributed by atoms with Crippen LogP contribution in [0, 0.1) is 17.2 Å². The number of rotatable bonds is 7. The van der Waals surface area contributed by atoms with Crippen LogP contribution in [0.1, 0.15) is 36.9 Å². The summed E-state index contributed by atoms with van der Waals surface area (Å²) in [6.45, 7) is 0.500. The van der Waals surface area contributed by atoms with Gasteiger partial charge in [0.25, 0.3) is 0 Å². The van der Waals surface area contributed by atoms with Crippen molar-refractivity contribution in [1.82, 2.24) is 19.1 Å². The van der Waals surface area contributed by atoms with E-state index in [1.54, 1.807) is 23.0 Å². The van der Waals surface area contributed by atoms with Gasteiger partial charge in [-0.15, -0.1) is 0 Å². The molecule has 9 nitrogen and oxygen atoms in total. The van der Waals surface area contributed by atoms with Crippen LogP contribution in [-0.4, -0.2) is 60.3 Å². The third-order valence-electron chi connectivity index (χ3n) is 8.07. The first-order valence-corrected chi connectivity index (χ1v) is 14.5. The molecule has 204 valence electrons. The number of carbonyl (C=O) groups excluding carboxylic acids is 1. The van der Waals surface area contributed by atoms with Gasteiger partial charge in [-0.1, -0.05) is 6.42 Å². The molecule has 39 heavy (non-hydrogen) atoms. The Hall–Kier alpha value is -3.57. The highest BCUT2D eigenvalue weighted by Gasteiger charge is 2.52. The Labute approximate surface area is 226 Å². The second-order valence-electron chi connectivity index (χ2n) is 10.4. The van der Waals surface area contributed by atoms with Gasteiger partial charge in [0, 0.05) is 19.2 Å². The summed E-state index contributed by atoms with van der Waals surface area (Å²) in [5.74, 6) is -0.0839. The average Bonchev–Trinajstić information content (AvgIpc) is 3.33. The molecule has 0 N–H and O–H groups in total. The fraction of sp³-hybridized carbons (Fsp3) is 0.393. The molecule has 0 bridgehead atoms. The first-order chi connectivity index (χ1) is 18.8. The summed E-state index contributed by atoms with van der Waals surface area (Å²) in [7, 11) is -2.47. The Morgan fingerprint density at radius 3 is 2.62 bits per heavy atom. The van der Waals surface area contributed by atoms with Crippen molar-refractivity contribution in [2.45, 2.75) is 37.0 Å². The topological polar surface area (TPSA) is 104 Å². The number of nitrogens with zero attached hydrogens (tertiary/aromatic N) is 4. The van der Waals surface area contributed by atoms with Crippen molar-refractivity contribution in [3.8, 4) is 11.6 Å². The molecular formula is C28H29FN4O5S. The van der Waals surface area contributed by atoms with E-state index in [0.717, 1.165) is 36.1 Å². The van der Waals surface area contributed by atoms with Crippen molar-refractivity contribution < 1.29 is 27.1 Å². The first-order valence-electron chi connectivity index (χ1n) is 13.0. The van der Waals surface area contributed by atoms with E-state index in [1.165, 1.54) is 41.9 Å². The second kappa shape index (κ2) is 9.87. The minimum atomic E-state index is -3.93. The van der Waals surface area contributed by atoms with Gasteiger partial charge in [0.1, 0.15) is 16.1 Å². The van der Waals surface area contributed by atoms with Crippen LogP contribution in [0.3, 0.4) is 0 Å². The van der Waals surface area contributed by atoms with Crippen LogP contribution in [0.15, 0.2) is 59.3 Å². The number of sulfonamides is 1. The van der Waals surface area contributed by atoms with Crippen molar-refractivity contribution in [2.24, 2.45) is 11.3 Å². The molecule has 1 aromatic carbocycles. The summed E-state index contributed by atoms with van der Waals surface area (Å²) in [6, 6.07) is 9.00. The Balaban J connectivity index is 1.36. The molecule has 6 rings (SSSR count). The number of halogens is 1. The maximum Gasteiger partial charge on any atom is 0.317 e. The molecule has 2 aliphatic carbocycles. The van der Waals surface area contributed by atoms with E-state index in [9.17, 15) is 17.6 Å².